The van der Waals surface area contributed by atoms with Gasteiger partial charge < -0.3 is 5.32 Å². The van der Waals surface area contributed by atoms with Crippen LogP contribution in [-0.2, 0) is 6.54 Å². The minimum Gasteiger partial charge on any atom is -0.307 e. The van der Waals surface area contributed by atoms with Crippen molar-refractivity contribution in [2.75, 3.05) is 20.1 Å². The van der Waals surface area contributed by atoms with Crippen LogP contribution >= 0.6 is 11.6 Å². The maximum absolute atomic E-state index is 12.0. The maximum Gasteiger partial charge on any atom is 0.401 e. The predicted octanol–water partition coefficient (Wildman–Crippen LogP) is 3.31. The molecule has 0 spiro atoms. The smallest absolute Gasteiger partial charge is 0.307 e. The number of likely N-dealkylation sites (N-methyl/N-ethyl adjacent to an activating group) is 1. The number of hydrogen-bond acceptors (Lipinski definition) is 2. The normalized spacial score (nSPS) is 13.8. The van der Waals surface area contributed by atoms with Gasteiger partial charge in [0, 0.05) is 24.2 Å². The Hall–Kier alpha value is -0.780. The summed E-state index contributed by atoms with van der Waals surface area (Å²) in [7, 11) is 1.88. The lowest BCUT2D eigenvalue weighted by molar-refractivity contribution is -0.125. The third-order valence-corrected chi connectivity index (χ3v) is 3.07. The van der Waals surface area contributed by atoms with Crippen LogP contribution in [0.2, 0.25) is 5.02 Å². The first-order valence-electron chi connectivity index (χ1n) is 6.00. The van der Waals surface area contributed by atoms with Crippen LogP contribution in [-0.4, -0.2) is 37.3 Å². The Labute approximate surface area is 116 Å². The van der Waals surface area contributed by atoms with E-state index in [0.717, 1.165) is 5.56 Å². The summed E-state index contributed by atoms with van der Waals surface area (Å²) in [6.45, 7) is 1.86. The van der Waals surface area contributed by atoms with E-state index in [-0.39, 0.29) is 12.6 Å². The second kappa shape index (κ2) is 7.12. The number of halogens is 4. The predicted molar refractivity (Wildman–Crippen MR) is 71.3 cm³/mol. The number of nitrogens with one attached hydrogen (secondary N) is 1. The van der Waals surface area contributed by atoms with Crippen molar-refractivity contribution in [2.24, 2.45) is 0 Å². The highest BCUT2D eigenvalue weighted by atomic mass is 35.5. The molecule has 2 nitrogen and oxygen atoms in total. The lowest BCUT2D eigenvalue weighted by atomic mass is 10.2. The van der Waals surface area contributed by atoms with Crippen LogP contribution in [0.1, 0.15) is 12.5 Å². The summed E-state index contributed by atoms with van der Waals surface area (Å²) in [6, 6.07) is 7.45. The van der Waals surface area contributed by atoms with Crippen molar-refractivity contribution >= 4 is 11.6 Å². The van der Waals surface area contributed by atoms with Gasteiger partial charge in [-0.1, -0.05) is 23.7 Å². The first-order chi connectivity index (χ1) is 8.78. The Balaban J connectivity index is 2.38. The van der Waals surface area contributed by atoms with Crippen LogP contribution in [0.15, 0.2) is 24.3 Å². The Morgan fingerprint density at radius 3 is 2.63 bits per heavy atom. The fraction of sp³-hybridized carbons (Fsp3) is 0.538. The molecule has 0 amide bonds. The minimum atomic E-state index is -4.16. The highest BCUT2D eigenvalue weighted by Crippen LogP contribution is 2.14. The summed E-state index contributed by atoms with van der Waals surface area (Å²) in [4.78, 5) is 1.98. The number of rotatable bonds is 6. The molecular weight excluding hydrogens is 277 g/mol. The first-order valence-corrected chi connectivity index (χ1v) is 6.38. The molecule has 0 saturated heterocycles. The molecule has 0 aliphatic heterocycles. The Kier molecular flexibility index (Phi) is 6.10. The molecule has 6 heteroatoms. The van der Waals surface area contributed by atoms with Gasteiger partial charge in [-0.3, -0.25) is 4.90 Å². The molecule has 1 atom stereocenters. The summed E-state index contributed by atoms with van der Waals surface area (Å²) in [5.74, 6) is 0. The molecule has 1 unspecified atom stereocenters. The van der Waals surface area contributed by atoms with Gasteiger partial charge in [-0.15, -0.1) is 0 Å². The lowest BCUT2D eigenvalue weighted by Gasteiger charge is -2.25. The van der Waals surface area contributed by atoms with Crippen molar-refractivity contribution in [3.05, 3.63) is 34.9 Å². The van der Waals surface area contributed by atoms with E-state index in [2.05, 4.69) is 5.32 Å². The van der Waals surface area contributed by atoms with Gasteiger partial charge >= 0.3 is 6.18 Å². The maximum atomic E-state index is 12.0. The van der Waals surface area contributed by atoms with Crippen LogP contribution in [0, 0.1) is 0 Å². The monoisotopic (exact) mass is 294 g/mol. The van der Waals surface area contributed by atoms with Crippen molar-refractivity contribution in [1.29, 1.82) is 0 Å². The molecule has 0 saturated carbocycles. The largest absolute Gasteiger partial charge is 0.401 e. The molecule has 0 aliphatic rings. The fourth-order valence-electron chi connectivity index (χ4n) is 1.66. The van der Waals surface area contributed by atoms with Crippen LogP contribution in [0.3, 0.4) is 0 Å². The average molecular weight is 295 g/mol. The Morgan fingerprint density at radius 1 is 1.37 bits per heavy atom. The molecule has 0 aromatic heterocycles. The van der Waals surface area contributed by atoms with Crippen molar-refractivity contribution in [3.8, 4) is 0 Å². The van der Waals surface area contributed by atoms with Gasteiger partial charge in [0.15, 0.2) is 0 Å². The molecule has 0 heterocycles. The average Bonchev–Trinajstić information content (AvgIpc) is 2.27. The zero-order valence-electron chi connectivity index (χ0n) is 11.0. The Morgan fingerprint density at radius 2 is 2.05 bits per heavy atom. The number of alkyl halides is 3. The van der Waals surface area contributed by atoms with Gasteiger partial charge in [-0.2, -0.15) is 13.2 Å². The van der Waals surface area contributed by atoms with E-state index in [0.29, 0.717) is 11.6 Å². The van der Waals surface area contributed by atoms with E-state index >= 15 is 0 Å². The van der Waals surface area contributed by atoms with Crippen molar-refractivity contribution in [1.82, 2.24) is 10.2 Å². The third kappa shape index (κ3) is 6.80. The molecule has 1 N–H and O–H groups in total. The molecule has 1 aromatic carbocycles. The minimum absolute atomic E-state index is 0.00123. The van der Waals surface area contributed by atoms with Crippen LogP contribution in [0.5, 0.6) is 0 Å². The zero-order chi connectivity index (χ0) is 14.5. The molecule has 108 valence electrons. The van der Waals surface area contributed by atoms with Crippen molar-refractivity contribution in [2.45, 2.75) is 25.7 Å². The molecule has 0 bridgehead atoms. The summed E-state index contributed by atoms with van der Waals surface area (Å²) in [6.07, 6.45) is -4.16. The van der Waals surface area contributed by atoms with E-state index in [9.17, 15) is 13.2 Å². The third-order valence-electron chi connectivity index (χ3n) is 2.84. The molecule has 0 aliphatic carbocycles. The standard InChI is InChI=1S/C13H18ClF3N2/c1-10(7-18-9-13(15,16)17)19(2)8-11-4-3-5-12(14)6-11/h3-6,10,18H,7-9H2,1-2H3. The van der Waals surface area contributed by atoms with Crippen LogP contribution in [0.25, 0.3) is 0 Å². The number of nitrogens with zero attached hydrogens (tertiary/aromatic N) is 1. The summed E-state index contributed by atoms with van der Waals surface area (Å²) >= 11 is 5.89. The number of hydrogen-bond donors (Lipinski definition) is 1. The fourth-order valence-corrected chi connectivity index (χ4v) is 1.87. The van der Waals surface area contributed by atoms with E-state index in [1.54, 1.807) is 6.07 Å². The van der Waals surface area contributed by atoms with Crippen LogP contribution in [0.4, 0.5) is 13.2 Å². The first kappa shape index (κ1) is 16.3. The van der Waals surface area contributed by atoms with E-state index < -0.39 is 12.7 Å². The lowest BCUT2D eigenvalue weighted by Crippen LogP contribution is -2.40. The number of benzene rings is 1. The quantitative estimate of drug-likeness (QED) is 0.866. The van der Waals surface area contributed by atoms with Gasteiger partial charge in [-0.05, 0) is 31.7 Å². The van der Waals surface area contributed by atoms with Gasteiger partial charge in [0.25, 0.3) is 0 Å². The van der Waals surface area contributed by atoms with E-state index in [4.69, 9.17) is 11.6 Å². The molecule has 19 heavy (non-hydrogen) atoms. The molecule has 1 aromatic rings. The SMILES string of the molecule is CC(CNCC(F)(F)F)N(C)Cc1cccc(Cl)c1. The van der Waals surface area contributed by atoms with Crippen LogP contribution < -0.4 is 5.32 Å². The highest BCUT2D eigenvalue weighted by Gasteiger charge is 2.26. The van der Waals surface area contributed by atoms with Gasteiger partial charge in [-0.25, -0.2) is 0 Å². The second-order valence-electron chi connectivity index (χ2n) is 4.64. The molecule has 0 radical (unpaired) electrons. The Bertz CT molecular complexity index is 396. The topological polar surface area (TPSA) is 15.3 Å². The molecular formula is C13H18ClF3N2. The van der Waals surface area contributed by atoms with Crippen molar-refractivity contribution in [3.63, 3.8) is 0 Å². The van der Waals surface area contributed by atoms with E-state index in [1.165, 1.54) is 0 Å². The van der Waals surface area contributed by atoms with E-state index in [1.807, 2.05) is 37.1 Å². The second-order valence-corrected chi connectivity index (χ2v) is 5.08. The summed E-state index contributed by atoms with van der Waals surface area (Å²) in [5.41, 5.74) is 1.04. The molecule has 1 rings (SSSR count). The van der Waals surface area contributed by atoms with Gasteiger partial charge in [0.1, 0.15) is 0 Å². The summed E-state index contributed by atoms with van der Waals surface area (Å²) in [5, 5.41) is 3.07. The van der Waals surface area contributed by atoms with Crippen molar-refractivity contribution < 1.29 is 13.2 Å². The zero-order valence-corrected chi connectivity index (χ0v) is 11.7. The van der Waals surface area contributed by atoms with Gasteiger partial charge in [0.2, 0.25) is 0 Å². The summed E-state index contributed by atoms with van der Waals surface area (Å²) < 4.78 is 36.0. The van der Waals surface area contributed by atoms with Gasteiger partial charge in [0.05, 0.1) is 6.54 Å². The molecule has 0 fully saturated rings. The highest BCUT2D eigenvalue weighted by molar-refractivity contribution is 6.30.